The summed E-state index contributed by atoms with van der Waals surface area (Å²) in [5.74, 6) is 1.67. The molecule has 1 nitrogen and oxygen atoms in total. The molecule has 1 N–H and O–H groups in total. The first kappa shape index (κ1) is 12.1. The predicted octanol–water partition coefficient (Wildman–Crippen LogP) is 3.94. The Kier molecular flexibility index (Phi) is 4.04. The van der Waals surface area contributed by atoms with Crippen LogP contribution in [0.3, 0.4) is 0 Å². The molecule has 2 unspecified atom stereocenters. The highest BCUT2D eigenvalue weighted by molar-refractivity contribution is 7.10. The molecule has 1 fully saturated rings. The van der Waals surface area contributed by atoms with Gasteiger partial charge in [0.2, 0.25) is 0 Å². The summed E-state index contributed by atoms with van der Waals surface area (Å²) in [6, 6.07) is 2.96. The molecule has 0 amide bonds. The molecule has 1 aliphatic carbocycles. The van der Waals surface area contributed by atoms with E-state index in [1.165, 1.54) is 30.7 Å². The van der Waals surface area contributed by atoms with Crippen LogP contribution in [-0.2, 0) is 0 Å². The topological polar surface area (TPSA) is 12.0 Å². The Labute approximate surface area is 103 Å². The van der Waals surface area contributed by atoms with Gasteiger partial charge >= 0.3 is 0 Å². The van der Waals surface area contributed by atoms with Gasteiger partial charge in [0.1, 0.15) is 0 Å². The number of aryl methyl sites for hydroxylation is 1. The number of thiophene rings is 1. The van der Waals surface area contributed by atoms with E-state index in [-0.39, 0.29) is 0 Å². The first-order chi connectivity index (χ1) is 7.68. The second-order valence-electron chi connectivity index (χ2n) is 5.29. The maximum Gasteiger partial charge on any atom is 0.00491 e. The SMILES string of the molecule is Cc1sccc1C1CCCC1CNC(C)C. The molecule has 0 aliphatic heterocycles. The molecule has 1 saturated carbocycles. The molecule has 1 heterocycles. The highest BCUT2D eigenvalue weighted by Crippen LogP contribution is 2.41. The second-order valence-corrected chi connectivity index (χ2v) is 6.41. The average Bonchev–Trinajstić information content (AvgIpc) is 2.82. The summed E-state index contributed by atoms with van der Waals surface area (Å²) in [6.07, 6.45) is 4.20. The van der Waals surface area contributed by atoms with E-state index in [0.29, 0.717) is 6.04 Å². The summed E-state index contributed by atoms with van der Waals surface area (Å²) in [6.45, 7) is 7.93. The van der Waals surface area contributed by atoms with Crippen molar-refractivity contribution in [3.05, 3.63) is 21.9 Å². The second kappa shape index (κ2) is 5.33. The maximum absolute atomic E-state index is 3.60. The van der Waals surface area contributed by atoms with Crippen molar-refractivity contribution in [1.82, 2.24) is 5.32 Å². The van der Waals surface area contributed by atoms with Crippen LogP contribution >= 0.6 is 11.3 Å². The Hall–Kier alpha value is -0.340. The molecular formula is C14H23NS. The van der Waals surface area contributed by atoms with E-state index in [0.717, 1.165) is 11.8 Å². The smallest absolute Gasteiger partial charge is 0.00491 e. The Morgan fingerprint density at radius 1 is 1.44 bits per heavy atom. The standard InChI is InChI=1S/C14H23NS/c1-10(2)15-9-12-5-4-6-14(12)13-7-8-16-11(13)3/h7-8,10,12,14-15H,4-6,9H2,1-3H3. The summed E-state index contributed by atoms with van der Waals surface area (Å²) in [4.78, 5) is 1.53. The van der Waals surface area contributed by atoms with Crippen molar-refractivity contribution in [2.45, 2.75) is 52.0 Å². The van der Waals surface area contributed by atoms with Gasteiger partial charge in [0.05, 0.1) is 0 Å². The van der Waals surface area contributed by atoms with Crippen LogP contribution in [0.1, 0.15) is 49.5 Å². The summed E-state index contributed by atoms with van der Waals surface area (Å²) in [5, 5.41) is 5.85. The van der Waals surface area contributed by atoms with Crippen LogP contribution in [0.2, 0.25) is 0 Å². The van der Waals surface area contributed by atoms with Gasteiger partial charge in [0, 0.05) is 10.9 Å². The van der Waals surface area contributed by atoms with Crippen molar-refractivity contribution >= 4 is 11.3 Å². The van der Waals surface area contributed by atoms with Crippen LogP contribution in [0.15, 0.2) is 11.4 Å². The predicted molar refractivity (Wildman–Crippen MR) is 72.3 cm³/mol. The highest BCUT2D eigenvalue weighted by Gasteiger charge is 2.29. The van der Waals surface area contributed by atoms with Gasteiger partial charge in [-0.05, 0) is 55.2 Å². The lowest BCUT2D eigenvalue weighted by molar-refractivity contribution is 0.422. The fourth-order valence-corrected chi connectivity index (χ4v) is 3.63. The van der Waals surface area contributed by atoms with Gasteiger partial charge in [-0.2, -0.15) is 0 Å². The van der Waals surface area contributed by atoms with Crippen LogP contribution < -0.4 is 5.32 Å². The molecule has 2 heteroatoms. The highest BCUT2D eigenvalue weighted by atomic mass is 32.1. The number of rotatable bonds is 4. The van der Waals surface area contributed by atoms with Crippen molar-refractivity contribution in [3.8, 4) is 0 Å². The van der Waals surface area contributed by atoms with Crippen LogP contribution in [-0.4, -0.2) is 12.6 Å². The molecule has 2 rings (SSSR count). The van der Waals surface area contributed by atoms with E-state index in [2.05, 4.69) is 37.5 Å². The normalized spacial score (nSPS) is 25.5. The quantitative estimate of drug-likeness (QED) is 0.836. The first-order valence-electron chi connectivity index (χ1n) is 6.46. The zero-order valence-corrected chi connectivity index (χ0v) is 11.4. The van der Waals surface area contributed by atoms with Crippen LogP contribution in [0.4, 0.5) is 0 Å². The van der Waals surface area contributed by atoms with Gasteiger partial charge in [-0.3, -0.25) is 0 Å². The van der Waals surface area contributed by atoms with E-state index in [9.17, 15) is 0 Å². The van der Waals surface area contributed by atoms with Gasteiger partial charge < -0.3 is 5.32 Å². The third-order valence-electron chi connectivity index (χ3n) is 3.75. The van der Waals surface area contributed by atoms with Crippen LogP contribution in [0.25, 0.3) is 0 Å². The lowest BCUT2D eigenvalue weighted by Crippen LogP contribution is -2.30. The fourth-order valence-electron chi connectivity index (χ4n) is 2.86. The largest absolute Gasteiger partial charge is 0.314 e. The molecule has 0 bridgehead atoms. The van der Waals surface area contributed by atoms with Gasteiger partial charge in [-0.15, -0.1) is 11.3 Å². The van der Waals surface area contributed by atoms with E-state index >= 15 is 0 Å². The molecule has 2 atom stereocenters. The van der Waals surface area contributed by atoms with Gasteiger partial charge in [-0.25, -0.2) is 0 Å². The minimum absolute atomic E-state index is 0.616. The van der Waals surface area contributed by atoms with Crippen LogP contribution in [0, 0.1) is 12.8 Å². The van der Waals surface area contributed by atoms with E-state index in [4.69, 9.17) is 0 Å². The summed E-state index contributed by atoms with van der Waals surface area (Å²) < 4.78 is 0. The van der Waals surface area contributed by atoms with Crippen molar-refractivity contribution in [2.75, 3.05) is 6.54 Å². The molecule has 0 spiro atoms. The van der Waals surface area contributed by atoms with E-state index in [1.807, 2.05) is 11.3 Å². The molecule has 90 valence electrons. The average molecular weight is 237 g/mol. The van der Waals surface area contributed by atoms with Crippen molar-refractivity contribution in [3.63, 3.8) is 0 Å². The summed E-state index contributed by atoms with van der Waals surface area (Å²) in [7, 11) is 0. The molecule has 1 aromatic rings. The third-order valence-corrected chi connectivity index (χ3v) is 4.61. The first-order valence-corrected chi connectivity index (χ1v) is 7.34. The van der Waals surface area contributed by atoms with Gasteiger partial charge in [0.15, 0.2) is 0 Å². The van der Waals surface area contributed by atoms with Gasteiger partial charge in [-0.1, -0.05) is 20.3 Å². The summed E-state index contributed by atoms with van der Waals surface area (Å²) in [5.41, 5.74) is 1.62. The number of hydrogen-bond donors (Lipinski definition) is 1. The zero-order valence-electron chi connectivity index (χ0n) is 10.6. The minimum Gasteiger partial charge on any atom is -0.314 e. The van der Waals surface area contributed by atoms with Gasteiger partial charge in [0.25, 0.3) is 0 Å². The number of nitrogens with one attached hydrogen (secondary N) is 1. The van der Waals surface area contributed by atoms with Crippen molar-refractivity contribution in [1.29, 1.82) is 0 Å². The fraction of sp³-hybridized carbons (Fsp3) is 0.714. The molecule has 0 radical (unpaired) electrons. The Bertz CT molecular complexity index is 329. The van der Waals surface area contributed by atoms with E-state index in [1.54, 1.807) is 5.56 Å². The minimum atomic E-state index is 0.616. The molecule has 0 saturated heterocycles. The Morgan fingerprint density at radius 3 is 2.88 bits per heavy atom. The Morgan fingerprint density at radius 2 is 2.25 bits per heavy atom. The lowest BCUT2D eigenvalue weighted by Gasteiger charge is -2.21. The molecular weight excluding hydrogens is 214 g/mol. The Balaban J connectivity index is 2.01. The molecule has 0 aromatic carbocycles. The molecule has 1 aliphatic rings. The zero-order chi connectivity index (χ0) is 11.5. The molecule has 1 aromatic heterocycles. The van der Waals surface area contributed by atoms with Crippen molar-refractivity contribution < 1.29 is 0 Å². The molecule has 16 heavy (non-hydrogen) atoms. The monoisotopic (exact) mass is 237 g/mol. The third kappa shape index (κ3) is 2.67. The van der Waals surface area contributed by atoms with Crippen LogP contribution in [0.5, 0.6) is 0 Å². The maximum atomic E-state index is 3.60. The van der Waals surface area contributed by atoms with E-state index < -0.39 is 0 Å². The summed E-state index contributed by atoms with van der Waals surface area (Å²) >= 11 is 1.90. The lowest BCUT2D eigenvalue weighted by atomic mass is 9.89. The van der Waals surface area contributed by atoms with Crippen molar-refractivity contribution in [2.24, 2.45) is 5.92 Å². The number of hydrogen-bond acceptors (Lipinski definition) is 2.